The second kappa shape index (κ2) is 8.38. The Morgan fingerprint density at radius 2 is 1.79 bits per heavy atom. The minimum absolute atomic E-state index is 0. The van der Waals surface area contributed by atoms with E-state index in [2.05, 4.69) is 15.2 Å². The second-order valence-corrected chi connectivity index (χ2v) is 7.35. The molecule has 154 valence electrons. The smallest absolute Gasteiger partial charge is 0.332 e. The van der Waals surface area contributed by atoms with Crippen LogP contribution in [0.15, 0.2) is 14.6 Å². The van der Waals surface area contributed by atoms with Gasteiger partial charge in [-0.05, 0) is 25.7 Å². The lowest BCUT2D eigenvalue weighted by atomic mass is 10.1. The number of rotatable bonds is 4. The Bertz CT molecular complexity index is 998. The lowest BCUT2D eigenvalue weighted by Crippen LogP contribution is -3.00. The number of imidazole rings is 1. The zero-order valence-corrected chi connectivity index (χ0v) is 17.2. The van der Waals surface area contributed by atoms with Crippen LogP contribution >= 0.6 is 0 Å². The van der Waals surface area contributed by atoms with Gasteiger partial charge in [0.15, 0.2) is 11.2 Å². The molecule has 0 radical (unpaired) electrons. The van der Waals surface area contributed by atoms with Crippen molar-refractivity contribution in [2.45, 2.75) is 38.6 Å². The van der Waals surface area contributed by atoms with Crippen molar-refractivity contribution in [1.29, 1.82) is 0 Å². The van der Waals surface area contributed by atoms with Gasteiger partial charge in [-0.2, -0.15) is 4.98 Å². The fourth-order valence-electron chi connectivity index (χ4n) is 3.98. The van der Waals surface area contributed by atoms with Crippen LogP contribution < -0.4 is 33.9 Å². The Morgan fingerprint density at radius 1 is 1.04 bits per heavy atom. The van der Waals surface area contributed by atoms with E-state index < -0.39 is 0 Å². The largest absolute Gasteiger partial charge is 1.00 e. The van der Waals surface area contributed by atoms with E-state index in [4.69, 9.17) is 4.98 Å². The SMILES string of the molecule is Cn1c(=O)c2c(nc(N3CCCCC3)n2CCNC2=NCCC2)n(C)c1=O.[Cl-]. The summed E-state index contributed by atoms with van der Waals surface area (Å²) in [4.78, 5) is 36.6. The molecule has 1 N–H and O–H groups in total. The van der Waals surface area contributed by atoms with Crippen molar-refractivity contribution in [3.05, 3.63) is 20.8 Å². The van der Waals surface area contributed by atoms with Gasteiger partial charge in [0, 0.05) is 53.2 Å². The standard InChI is InChI=1S/C18H27N7O2.ClH/c1-22-15-14(16(26)23(2)18(22)27)25(12-9-20-13-7-6-8-19-13)17(21-15)24-10-4-3-5-11-24;/h3-12H2,1-2H3,(H,19,20);1H/p-1. The maximum atomic E-state index is 12.9. The number of piperidine rings is 1. The summed E-state index contributed by atoms with van der Waals surface area (Å²) < 4.78 is 4.61. The van der Waals surface area contributed by atoms with E-state index >= 15 is 0 Å². The molecular formula is C18H27ClN7O2-. The van der Waals surface area contributed by atoms with Crippen LogP contribution in [-0.4, -0.2) is 50.7 Å². The molecule has 0 spiro atoms. The van der Waals surface area contributed by atoms with Gasteiger partial charge >= 0.3 is 5.69 Å². The van der Waals surface area contributed by atoms with E-state index in [0.717, 1.165) is 61.7 Å². The van der Waals surface area contributed by atoms with Crippen molar-refractivity contribution in [2.75, 3.05) is 31.1 Å². The van der Waals surface area contributed by atoms with Gasteiger partial charge in [0.25, 0.3) is 5.56 Å². The van der Waals surface area contributed by atoms with E-state index in [1.54, 1.807) is 7.05 Å². The van der Waals surface area contributed by atoms with Crippen LogP contribution in [-0.2, 0) is 20.6 Å². The zero-order chi connectivity index (χ0) is 19.0. The third kappa shape index (κ3) is 3.55. The molecule has 4 heterocycles. The van der Waals surface area contributed by atoms with Crippen molar-refractivity contribution in [2.24, 2.45) is 19.1 Å². The minimum atomic E-state index is -0.346. The number of hydrogen-bond donors (Lipinski definition) is 1. The van der Waals surface area contributed by atoms with Crippen LogP contribution in [0, 0.1) is 0 Å². The predicted molar refractivity (Wildman–Crippen MR) is 106 cm³/mol. The molecule has 9 nitrogen and oxygen atoms in total. The van der Waals surface area contributed by atoms with Gasteiger partial charge in [-0.1, -0.05) is 0 Å². The number of aromatic nitrogens is 4. The average Bonchev–Trinajstić information content (AvgIpc) is 3.33. The molecule has 0 aliphatic carbocycles. The van der Waals surface area contributed by atoms with Crippen LogP contribution in [0.2, 0.25) is 0 Å². The van der Waals surface area contributed by atoms with Gasteiger partial charge in [0.05, 0.1) is 5.84 Å². The normalized spacial score (nSPS) is 16.9. The summed E-state index contributed by atoms with van der Waals surface area (Å²) in [5.41, 5.74) is 0.320. The third-order valence-electron chi connectivity index (χ3n) is 5.51. The molecule has 1 saturated heterocycles. The number of anilines is 1. The molecule has 4 rings (SSSR count). The fraction of sp³-hybridized carbons (Fsp3) is 0.667. The topological polar surface area (TPSA) is 89.4 Å². The van der Waals surface area contributed by atoms with Crippen molar-refractivity contribution < 1.29 is 12.4 Å². The minimum Gasteiger partial charge on any atom is -1.00 e. The first-order chi connectivity index (χ1) is 13.1. The molecule has 0 amide bonds. The van der Waals surface area contributed by atoms with Crippen LogP contribution in [0.5, 0.6) is 0 Å². The number of halogens is 1. The number of nitrogens with one attached hydrogen (secondary N) is 1. The zero-order valence-electron chi connectivity index (χ0n) is 16.4. The first-order valence-corrected chi connectivity index (χ1v) is 9.76. The predicted octanol–water partition coefficient (Wildman–Crippen LogP) is -2.79. The Balaban J connectivity index is 0.00000225. The molecule has 2 aromatic rings. The molecule has 0 saturated carbocycles. The Hall–Kier alpha value is -2.29. The Kier molecular flexibility index (Phi) is 6.12. The van der Waals surface area contributed by atoms with E-state index in [-0.39, 0.29) is 23.7 Å². The van der Waals surface area contributed by atoms with Gasteiger partial charge < -0.3 is 27.2 Å². The van der Waals surface area contributed by atoms with Gasteiger partial charge in [-0.15, -0.1) is 0 Å². The number of hydrogen-bond acceptors (Lipinski definition) is 6. The van der Waals surface area contributed by atoms with Gasteiger partial charge in [0.2, 0.25) is 5.95 Å². The summed E-state index contributed by atoms with van der Waals surface area (Å²) in [7, 11) is 3.19. The highest BCUT2D eigenvalue weighted by Crippen LogP contribution is 2.22. The van der Waals surface area contributed by atoms with Crippen LogP contribution in [0.1, 0.15) is 32.1 Å². The summed E-state index contributed by atoms with van der Waals surface area (Å²) in [6, 6.07) is 0. The lowest BCUT2D eigenvalue weighted by molar-refractivity contribution is -0.00000596. The third-order valence-corrected chi connectivity index (χ3v) is 5.51. The van der Waals surface area contributed by atoms with Crippen molar-refractivity contribution >= 4 is 22.9 Å². The van der Waals surface area contributed by atoms with Crippen LogP contribution in [0.25, 0.3) is 11.2 Å². The summed E-state index contributed by atoms with van der Waals surface area (Å²) >= 11 is 0. The fourth-order valence-corrected chi connectivity index (χ4v) is 3.98. The molecule has 10 heteroatoms. The van der Waals surface area contributed by atoms with Gasteiger partial charge in [0.1, 0.15) is 0 Å². The molecule has 2 aliphatic rings. The number of aryl methyl sites for hydroxylation is 1. The Morgan fingerprint density at radius 3 is 2.46 bits per heavy atom. The highest BCUT2D eigenvalue weighted by atomic mass is 35.5. The van der Waals surface area contributed by atoms with Crippen LogP contribution in [0.3, 0.4) is 0 Å². The lowest BCUT2D eigenvalue weighted by Gasteiger charge is -2.28. The maximum absolute atomic E-state index is 12.9. The highest BCUT2D eigenvalue weighted by Gasteiger charge is 2.23. The van der Waals surface area contributed by atoms with Gasteiger partial charge in [-0.25, -0.2) is 4.79 Å². The molecular weight excluding hydrogens is 382 g/mol. The molecule has 0 bridgehead atoms. The quantitative estimate of drug-likeness (QED) is 0.590. The average molecular weight is 409 g/mol. The van der Waals surface area contributed by atoms with Crippen molar-refractivity contribution in [3.63, 3.8) is 0 Å². The monoisotopic (exact) mass is 408 g/mol. The van der Waals surface area contributed by atoms with Crippen molar-refractivity contribution in [1.82, 2.24) is 24.0 Å². The molecule has 0 atom stereocenters. The number of aliphatic imine (C=N–C) groups is 1. The Labute approximate surface area is 169 Å². The summed E-state index contributed by atoms with van der Waals surface area (Å²) in [5, 5.41) is 3.38. The molecule has 0 unspecified atom stereocenters. The van der Waals surface area contributed by atoms with E-state index in [9.17, 15) is 9.59 Å². The summed E-state index contributed by atoms with van der Waals surface area (Å²) in [6.45, 7) is 4.03. The van der Waals surface area contributed by atoms with Crippen molar-refractivity contribution in [3.8, 4) is 0 Å². The summed E-state index contributed by atoms with van der Waals surface area (Å²) in [5.74, 6) is 1.83. The molecule has 0 aromatic carbocycles. The second-order valence-electron chi connectivity index (χ2n) is 7.35. The molecule has 2 aromatic heterocycles. The number of fused-ring (bicyclic) bond motifs is 1. The number of amidine groups is 1. The summed E-state index contributed by atoms with van der Waals surface area (Å²) in [6.07, 6.45) is 5.54. The molecule has 28 heavy (non-hydrogen) atoms. The molecule has 2 aliphatic heterocycles. The maximum Gasteiger partial charge on any atom is 0.332 e. The number of nitrogens with zero attached hydrogens (tertiary/aromatic N) is 6. The van der Waals surface area contributed by atoms with E-state index in [1.165, 1.54) is 18.0 Å². The van der Waals surface area contributed by atoms with Gasteiger partial charge in [-0.3, -0.25) is 18.9 Å². The first kappa shape index (κ1) is 20.4. The van der Waals surface area contributed by atoms with Crippen LogP contribution in [0.4, 0.5) is 5.95 Å². The van der Waals surface area contributed by atoms with E-state index in [0.29, 0.717) is 24.3 Å². The first-order valence-electron chi connectivity index (χ1n) is 9.76. The molecule has 1 fully saturated rings. The highest BCUT2D eigenvalue weighted by molar-refractivity contribution is 5.83. The van der Waals surface area contributed by atoms with E-state index in [1.807, 2.05) is 4.57 Å².